The number of hydrogen-bond donors (Lipinski definition) is 2. The fourth-order valence-corrected chi connectivity index (χ4v) is 3.31. The van der Waals surface area contributed by atoms with Crippen LogP contribution in [0.5, 0.6) is 0 Å². The standard InChI is InChI=1S/C19H26N4O5/c1-27-13-17(24)20-14-4-2-5-15(12-14)21-19(26)23-9-7-22(8-10-23)18(25)16-6-3-11-28-16/h2,4-5,12,16H,3,6-11,13H2,1H3,(H,20,24)(H,21,26). The number of nitrogens with one attached hydrogen (secondary N) is 2. The molecular formula is C19H26N4O5. The Morgan fingerprint density at radius 2 is 1.79 bits per heavy atom. The van der Waals surface area contributed by atoms with Crippen molar-refractivity contribution in [3.63, 3.8) is 0 Å². The van der Waals surface area contributed by atoms with Crippen LogP contribution in [0.3, 0.4) is 0 Å². The van der Waals surface area contributed by atoms with Crippen molar-refractivity contribution in [3.8, 4) is 0 Å². The average Bonchev–Trinajstić information content (AvgIpc) is 3.23. The van der Waals surface area contributed by atoms with E-state index in [2.05, 4.69) is 10.6 Å². The number of benzene rings is 1. The Morgan fingerprint density at radius 1 is 1.11 bits per heavy atom. The molecule has 1 aromatic rings. The molecule has 1 unspecified atom stereocenters. The second-order valence-corrected chi connectivity index (χ2v) is 6.81. The molecular weight excluding hydrogens is 364 g/mol. The molecule has 1 aromatic carbocycles. The monoisotopic (exact) mass is 390 g/mol. The Balaban J connectivity index is 1.49. The summed E-state index contributed by atoms with van der Waals surface area (Å²) < 4.78 is 10.2. The number of piperazine rings is 1. The van der Waals surface area contributed by atoms with Crippen LogP contribution in [0, 0.1) is 0 Å². The molecule has 28 heavy (non-hydrogen) atoms. The highest BCUT2D eigenvalue weighted by atomic mass is 16.5. The molecule has 2 fully saturated rings. The van der Waals surface area contributed by atoms with E-state index in [0.29, 0.717) is 44.2 Å². The molecule has 1 atom stereocenters. The van der Waals surface area contributed by atoms with Crippen LogP contribution >= 0.6 is 0 Å². The second-order valence-electron chi connectivity index (χ2n) is 6.81. The largest absolute Gasteiger partial charge is 0.375 e. The molecule has 0 bridgehead atoms. The Morgan fingerprint density at radius 3 is 2.43 bits per heavy atom. The minimum Gasteiger partial charge on any atom is -0.375 e. The fourth-order valence-electron chi connectivity index (χ4n) is 3.31. The first kappa shape index (κ1) is 20.1. The zero-order valence-corrected chi connectivity index (χ0v) is 16.0. The topological polar surface area (TPSA) is 100 Å². The van der Waals surface area contributed by atoms with E-state index in [1.165, 1.54) is 7.11 Å². The van der Waals surface area contributed by atoms with Gasteiger partial charge in [0.15, 0.2) is 0 Å². The van der Waals surface area contributed by atoms with Crippen molar-refractivity contribution in [3.05, 3.63) is 24.3 Å². The molecule has 2 N–H and O–H groups in total. The molecule has 9 nitrogen and oxygen atoms in total. The van der Waals surface area contributed by atoms with Gasteiger partial charge in [0.1, 0.15) is 12.7 Å². The molecule has 3 rings (SSSR count). The van der Waals surface area contributed by atoms with Gasteiger partial charge in [-0.2, -0.15) is 0 Å². The van der Waals surface area contributed by atoms with E-state index >= 15 is 0 Å². The first-order chi connectivity index (χ1) is 13.6. The van der Waals surface area contributed by atoms with Gasteiger partial charge in [-0.3, -0.25) is 9.59 Å². The molecule has 0 saturated carbocycles. The van der Waals surface area contributed by atoms with Crippen LogP contribution in [0.1, 0.15) is 12.8 Å². The minimum absolute atomic E-state index is 0.0251. The number of carbonyl (C=O) groups excluding carboxylic acids is 3. The average molecular weight is 390 g/mol. The maximum atomic E-state index is 12.5. The Bertz CT molecular complexity index is 712. The highest BCUT2D eigenvalue weighted by Crippen LogP contribution is 2.18. The highest BCUT2D eigenvalue weighted by Gasteiger charge is 2.31. The summed E-state index contributed by atoms with van der Waals surface area (Å²) in [5, 5.41) is 5.53. The predicted molar refractivity (Wildman–Crippen MR) is 103 cm³/mol. The van der Waals surface area contributed by atoms with Gasteiger partial charge in [0.05, 0.1) is 0 Å². The summed E-state index contributed by atoms with van der Waals surface area (Å²) in [6, 6.07) is 6.68. The van der Waals surface area contributed by atoms with Crippen molar-refractivity contribution in [2.24, 2.45) is 0 Å². The Hall–Kier alpha value is -2.65. The molecule has 0 aromatic heterocycles. The SMILES string of the molecule is COCC(=O)Nc1cccc(NC(=O)N2CCN(C(=O)C3CCCO3)CC2)c1. The summed E-state index contributed by atoms with van der Waals surface area (Å²) >= 11 is 0. The number of carbonyl (C=O) groups is 3. The normalized spacial score (nSPS) is 19.4. The second kappa shape index (κ2) is 9.52. The Labute approximate surface area is 163 Å². The van der Waals surface area contributed by atoms with Gasteiger partial charge in [-0.15, -0.1) is 0 Å². The van der Waals surface area contributed by atoms with E-state index in [4.69, 9.17) is 9.47 Å². The van der Waals surface area contributed by atoms with Gasteiger partial charge in [-0.25, -0.2) is 4.79 Å². The van der Waals surface area contributed by atoms with Crippen LogP contribution in [0.4, 0.5) is 16.2 Å². The quantitative estimate of drug-likeness (QED) is 0.785. The van der Waals surface area contributed by atoms with Crippen molar-refractivity contribution in [1.82, 2.24) is 9.80 Å². The van der Waals surface area contributed by atoms with Gasteiger partial charge < -0.3 is 29.9 Å². The Kier molecular flexibility index (Phi) is 6.83. The molecule has 2 aliphatic heterocycles. The van der Waals surface area contributed by atoms with E-state index < -0.39 is 0 Å². The summed E-state index contributed by atoms with van der Waals surface area (Å²) in [6.45, 7) is 2.54. The van der Waals surface area contributed by atoms with Gasteiger partial charge in [-0.1, -0.05) is 6.07 Å². The van der Waals surface area contributed by atoms with Gasteiger partial charge >= 0.3 is 6.03 Å². The summed E-state index contributed by atoms with van der Waals surface area (Å²) in [4.78, 5) is 39.9. The smallest absolute Gasteiger partial charge is 0.321 e. The van der Waals surface area contributed by atoms with E-state index in [1.54, 1.807) is 34.1 Å². The number of ether oxygens (including phenoxy) is 2. The number of methoxy groups -OCH3 is 1. The summed E-state index contributed by atoms with van der Waals surface area (Å²) in [6.07, 6.45) is 1.37. The van der Waals surface area contributed by atoms with Crippen LogP contribution in [-0.2, 0) is 19.1 Å². The number of anilines is 2. The number of amides is 4. The van der Waals surface area contributed by atoms with Gasteiger partial charge in [0.25, 0.3) is 5.91 Å². The van der Waals surface area contributed by atoms with Gasteiger partial charge in [-0.05, 0) is 31.0 Å². The minimum atomic E-state index is -0.323. The maximum Gasteiger partial charge on any atom is 0.321 e. The lowest BCUT2D eigenvalue weighted by molar-refractivity contribution is -0.142. The van der Waals surface area contributed by atoms with Crippen LogP contribution in [0.2, 0.25) is 0 Å². The highest BCUT2D eigenvalue weighted by molar-refractivity contribution is 5.94. The number of urea groups is 1. The zero-order chi connectivity index (χ0) is 19.9. The maximum absolute atomic E-state index is 12.5. The lowest BCUT2D eigenvalue weighted by atomic mass is 10.2. The number of hydrogen-bond acceptors (Lipinski definition) is 5. The molecule has 2 heterocycles. The third-order valence-corrected chi connectivity index (χ3v) is 4.76. The first-order valence-electron chi connectivity index (χ1n) is 9.42. The molecule has 2 aliphatic rings. The van der Waals surface area contributed by atoms with E-state index in [0.717, 1.165) is 12.8 Å². The molecule has 4 amide bonds. The lowest BCUT2D eigenvalue weighted by Crippen LogP contribution is -2.53. The molecule has 0 spiro atoms. The molecule has 0 aliphatic carbocycles. The van der Waals surface area contributed by atoms with Crippen molar-refractivity contribution in [2.45, 2.75) is 18.9 Å². The van der Waals surface area contributed by atoms with Crippen molar-refractivity contribution < 1.29 is 23.9 Å². The third-order valence-electron chi connectivity index (χ3n) is 4.76. The third kappa shape index (κ3) is 5.20. The van der Waals surface area contributed by atoms with Gasteiger partial charge in [0, 0.05) is 51.3 Å². The predicted octanol–water partition coefficient (Wildman–Crippen LogP) is 1.13. The van der Waals surface area contributed by atoms with Crippen molar-refractivity contribution in [2.75, 3.05) is 57.1 Å². The molecule has 152 valence electrons. The molecule has 0 radical (unpaired) electrons. The van der Waals surface area contributed by atoms with Crippen LogP contribution in [0.15, 0.2) is 24.3 Å². The molecule has 2 saturated heterocycles. The number of rotatable bonds is 5. The van der Waals surface area contributed by atoms with E-state index in [9.17, 15) is 14.4 Å². The summed E-state index contributed by atoms with van der Waals surface area (Å²) in [7, 11) is 1.45. The van der Waals surface area contributed by atoms with Crippen LogP contribution in [0.25, 0.3) is 0 Å². The van der Waals surface area contributed by atoms with Crippen LogP contribution < -0.4 is 10.6 Å². The number of nitrogens with zero attached hydrogens (tertiary/aromatic N) is 2. The lowest BCUT2D eigenvalue weighted by Gasteiger charge is -2.35. The van der Waals surface area contributed by atoms with Crippen molar-refractivity contribution >= 4 is 29.2 Å². The van der Waals surface area contributed by atoms with Crippen molar-refractivity contribution in [1.29, 1.82) is 0 Å². The van der Waals surface area contributed by atoms with E-state index in [-0.39, 0.29) is 30.6 Å². The first-order valence-corrected chi connectivity index (χ1v) is 9.42. The summed E-state index contributed by atoms with van der Waals surface area (Å²) in [5.74, 6) is -0.241. The van der Waals surface area contributed by atoms with Crippen LogP contribution in [-0.4, -0.2) is 80.3 Å². The zero-order valence-electron chi connectivity index (χ0n) is 16.0. The fraction of sp³-hybridized carbons (Fsp3) is 0.526. The molecule has 9 heteroatoms. The van der Waals surface area contributed by atoms with Gasteiger partial charge in [0.2, 0.25) is 5.91 Å². The van der Waals surface area contributed by atoms with E-state index in [1.807, 2.05) is 0 Å². The summed E-state index contributed by atoms with van der Waals surface area (Å²) in [5.41, 5.74) is 1.16.